The second kappa shape index (κ2) is 10.1. The number of nitrogens with one attached hydrogen (secondary N) is 1. The summed E-state index contributed by atoms with van der Waals surface area (Å²) < 4.78 is 6.35. The number of carbonyl (C=O) groups excluding carboxylic acids is 2. The average molecular weight is 455 g/mol. The third kappa shape index (κ3) is 5.33. The van der Waals surface area contributed by atoms with Gasteiger partial charge in [-0.3, -0.25) is 9.59 Å². The maximum absolute atomic E-state index is 13.2. The molecule has 170 valence electrons. The van der Waals surface area contributed by atoms with Crippen LogP contribution in [0, 0.1) is 0 Å². The summed E-state index contributed by atoms with van der Waals surface area (Å²) >= 11 is 6.39. The second-order valence-electron chi connectivity index (χ2n) is 9.08. The number of allylic oxidation sites excluding steroid dienone is 5. The van der Waals surface area contributed by atoms with Gasteiger partial charge in [0.1, 0.15) is 5.75 Å². The van der Waals surface area contributed by atoms with Gasteiger partial charge < -0.3 is 15.8 Å². The normalized spacial score (nSPS) is 25.5. The highest BCUT2D eigenvalue weighted by molar-refractivity contribution is 6.31. The van der Waals surface area contributed by atoms with Gasteiger partial charge in [-0.25, -0.2) is 0 Å². The van der Waals surface area contributed by atoms with Crippen molar-refractivity contribution in [3.63, 3.8) is 0 Å². The number of amides is 1. The zero-order valence-corrected chi connectivity index (χ0v) is 19.3. The Hall–Kier alpha value is -2.37. The maximum Gasteiger partial charge on any atom is 0.252 e. The Bertz CT molecular complexity index is 1000. The van der Waals surface area contributed by atoms with Crippen LogP contribution < -0.4 is 15.8 Å². The highest BCUT2D eigenvalue weighted by Crippen LogP contribution is 2.32. The van der Waals surface area contributed by atoms with Gasteiger partial charge in [-0.1, -0.05) is 35.4 Å². The Morgan fingerprint density at radius 2 is 1.91 bits per heavy atom. The van der Waals surface area contributed by atoms with Crippen molar-refractivity contribution in [3.05, 3.63) is 63.2 Å². The molecule has 1 heterocycles. The lowest BCUT2D eigenvalue weighted by atomic mass is 9.89. The van der Waals surface area contributed by atoms with Crippen LogP contribution in [0.4, 0.5) is 0 Å². The van der Waals surface area contributed by atoms with Gasteiger partial charge in [-0.15, -0.1) is 0 Å². The molecule has 3 N–H and O–H groups in total. The molecule has 32 heavy (non-hydrogen) atoms. The topological polar surface area (TPSA) is 81.4 Å². The van der Waals surface area contributed by atoms with E-state index in [1.165, 1.54) is 0 Å². The molecule has 1 aromatic rings. The van der Waals surface area contributed by atoms with Crippen molar-refractivity contribution in [2.24, 2.45) is 5.73 Å². The molecule has 1 aliphatic heterocycles. The molecule has 0 saturated heterocycles. The van der Waals surface area contributed by atoms with E-state index >= 15 is 0 Å². The van der Waals surface area contributed by atoms with E-state index in [4.69, 9.17) is 22.1 Å². The monoisotopic (exact) mass is 454 g/mol. The van der Waals surface area contributed by atoms with Crippen LogP contribution in [-0.4, -0.2) is 30.4 Å². The molecule has 3 aliphatic rings. The Balaban J connectivity index is 1.64. The van der Waals surface area contributed by atoms with E-state index in [1.807, 2.05) is 6.92 Å². The maximum atomic E-state index is 13.2. The molecule has 6 heteroatoms. The minimum absolute atomic E-state index is 0.0772. The van der Waals surface area contributed by atoms with Crippen molar-refractivity contribution in [1.82, 2.24) is 5.32 Å². The molecule has 5 nitrogen and oxygen atoms in total. The van der Waals surface area contributed by atoms with Crippen LogP contribution in [0.25, 0.3) is 0 Å². The number of ether oxygens (including phenoxy) is 1. The molecule has 1 saturated carbocycles. The summed E-state index contributed by atoms with van der Waals surface area (Å²) in [6.07, 6.45) is 12.7. The van der Waals surface area contributed by atoms with Gasteiger partial charge in [0.25, 0.3) is 5.91 Å². The zero-order valence-electron chi connectivity index (χ0n) is 18.6. The number of rotatable bonds is 2. The predicted molar refractivity (Wildman–Crippen MR) is 127 cm³/mol. The molecule has 1 aromatic carbocycles. The van der Waals surface area contributed by atoms with Crippen molar-refractivity contribution < 1.29 is 14.3 Å². The first-order chi connectivity index (χ1) is 15.4. The second-order valence-corrected chi connectivity index (χ2v) is 9.51. The van der Waals surface area contributed by atoms with E-state index in [0.29, 0.717) is 34.8 Å². The van der Waals surface area contributed by atoms with Gasteiger partial charge in [0.15, 0.2) is 5.78 Å². The number of Topliss-reactive ketones (excluding diaryl/α,β-unsaturated/α-hetero) is 1. The van der Waals surface area contributed by atoms with Crippen molar-refractivity contribution in [2.75, 3.05) is 6.54 Å². The molecule has 0 spiro atoms. The van der Waals surface area contributed by atoms with Crippen LogP contribution >= 0.6 is 11.6 Å². The smallest absolute Gasteiger partial charge is 0.252 e. The van der Waals surface area contributed by atoms with Crippen LogP contribution in [0.15, 0.2) is 47.1 Å². The zero-order chi connectivity index (χ0) is 22.7. The molecular formula is C26H31ClN2O3. The molecule has 0 atom stereocenters. The molecular weight excluding hydrogens is 424 g/mol. The summed E-state index contributed by atoms with van der Waals surface area (Å²) in [5, 5.41) is 3.43. The largest absolute Gasteiger partial charge is 0.490 e. The first-order valence-electron chi connectivity index (χ1n) is 11.5. The number of hydrogen-bond acceptors (Lipinski definition) is 4. The van der Waals surface area contributed by atoms with Gasteiger partial charge in [0, 0.05) is 40.7 Å². The predicted octanol–water partition coefficient (Wildman–Crippen LogP) is 4.83. The fourth-order valence-electron chi connectivity index (χ4n) is 4.75. The van der Waals surface area contributed by atoms with Gasteiger partial charge in [-0.2, -0.15) is 0 Å². The molecule has 0 aromatic heterocycles. The Labute approximate surface area is 194 Å². The van der Waals surface area contributed by atoms with Crippen LogP contribution in [0.5, 0.6) is 5.75 Å². The van der Waals surface area contributed by atoms with E-state index in [0.717, 1.165) is 55.2 Å². The fraction of sp³-hybridized carbons (Fsp3) is 0.462. The summed E-state index contributed by atoms with van der Waals surface area (Å²) in [6, 6.07) is 3.74. The van der Waals surface area contributed by atoms with Crippen LogP contribution in [0.1, 0.15) is 67.8 Å². The lowest BCUT2D eigenvalue weighted by Crippen LogP contribution is -2.32. The SMILES string of the molecule is CC1=CC2=C(CNC(=O)c3cc(Cl)cc(OC4CCC(N)CC4)c3C/C=C\CC2)C(=O)C1. The molecule has 1 amide bonds. The fourth-order valence-corrected chi connectivity index (χ4v) is 4.96. The molecule has 4 rings (SSSR count). The van der Waals surface area contributed by atoms with Crippen molar-refractivity contribution in [3.8, 4) is 5.75 Å². The highest BCUT2D eigenvalue weighted by Gasteiger charge is 2.25. The Morgan fingerprint density at radius 3 is 2.69 bits per heavy atom. The third-order valence-corrected chi connectivity index (χ3v) is 6.73. The van der Waals surface area contributed by atoms with Crippen LogP contribution in [0.3, 0.4) is 0 Å². The van der Waals surface area contributed by atoms with Crippen LogP contribution in [-0.2, 0) is 11.2 Å². The molecule has 0 radical (unpaired) electrons. The summed E-state index contributed by atoms with van der Waals surface area (Å²) in [6.45, 7) is 2.20. The van der Waals surface area contributed by atoms with E-state index in [2.05, 4.69) is 23.5 Å². The number of carbonyl (C=O) groups is 2. The third-order valence-electron chi connectivity index (χ3n) is 6.51. The number of nitrogens with two attached hydrogens (primary N) is 1. The first kappa shape index (κ1) is 22.8. The first-order valence-corrected chi connectivity index (χ1v) is 11.9. The highest BCUT2D eigenvalue weighted by atomic mass is 35.5. The summed E-state index contributed by atoms with van der Waals surface area (Å²) in [7, 11) is 0. The minimum Gasteiger partial charge on any atom is -0.490 e. The Kier molecular flexibility index (Phi) is 7.17. The van der Waals surface area contributed by atoms with E-state index < -0.39 is 0 Å². The standard InChI is InChI=1S/C26H31ClN2O3/c1-16-11-17-5-3-2-4-6-21-22(26(31)29-15-23(17)24(30)12-16)13-18(27)14-25(21)32-20-9-7-19(28)8-10-20/h2,4,11,13-14,19-20H,3,5-10,12,15,28H2,1H3,(H,29,31)/b4-2-. The van der Waals surface area contributed by atoms with Crippen molar-refractivity contribution >= 4 is 23.3 Å². The molecule has 0 bridgehead atoms. The van der Waals surface area contributed by atoms with E-state index in [1.54, 1.807) is 12.1 Å². The summed E-state index contributed by atoms with van der Waals surface area (Å²) in [4.78, 5) is 25.8. The quantitative estimate of drug-likeness (QED) is 0.627. The molecule has 2 aliphatic carbocycles. The number of hydrogen-bond donors (Lipinski definition) is 2. The van der Waals surface area contributed by atoms with Gasteiger partial charge in [0.05, 0.1) is 6.10 Å². The summed E-state index contributed by atoms with van der Waals surface area (Å²) in [5.41, 5.74) is 10.2. The lowest BCUT2D eigenvalue weighted by molar-refractivity contribution is -0.115. The van der Waals surface area contributed by atoms with E-state index in [9.17, 15) is 9.59 Å². The average Bonchev–Trinajstić information content (AvgIpc) is 2.74. The summed E-state index contributed by atoms with van der Waals surface area (Å²) in [5.74, 6) is 0.516. The van der Waals surface area contributed by atoms with Crippen molar-refractivity contribution in [1.29, 1.82) is 0 Å². The lowest BCUT2D eigenvalue weighted by Gasteiger charge is -2.28. The Morgan fingerprint density at radius 1 is 1.12 bits per heavy atom. The minimum atomic E-state index is -0.238. The van der Waals surface area contributed by atoms with Gasteiger partial charge in [-0.05, 0) is 69.6 Å². The molecule has 1 fully saturated rings. The number of fused-ring (bicyclic) bond motifs is 1. The van der Waals surface area contributed by atoms with Crippen molar-refractivity contribution in [2.45, 2.75) is 70.4 Å². The number of benzene rings is 1. The molecule has 0 unspecified atom stereocenters. The van der Waals surface area contributed by atoms with E-state index in [-0.39, 0.29) is 30.4 Å². The van der Waals surface area contributed by atoms with Gasteiger partial charge in [0.2, 0.25) is 0 Å². The van der Waals surface area contributed by atoms with Gasteiger partial charge >= 0.3 is 0 Å². The number of ketones is 1. The van der Waals surface area contributed by atoms with Crippen LogP contribution in [0.2, 0.25) is 5.02 Å². The number of halogens is 1.